The summed E-state index contributed by atoms with van der Waals surface area (Å²) in [6.45, 7) is 6.63. The van der Waals surface area contributed by atoms with Crippen LogP contribution in [-0.2, 0) is 0 Å². The zero-order valence-electron chi connectivity index (χ0n) is 21.9. The molecular weight excluding hydrogens is 509 g/mol. The minimum atomic E-state index is -0.00102. The van der Waals surface area contributed by atoms with Crippen molar-refractivity contribution in [1.29, 1.82) is 0 Å². The van der Waals surface area contributed by atoms with Gasteiger partial charge in [0.05, 0.1) is 34.1 Å². The molecule has 196 valence electrons. The molecule has 1 aromatic carbocycles. The summed E-state index contributed by atoms with van der Waals surface area (Å²) in [4.78, 5) is 19.2. The van der Waals surface area contributed by atoms with Gasteiger partial charge in [-0.1, -0.05) is 12.5 Å². The number of ether oxygens (including phenoxy) is 1. The maximum Gasteiger partial charge on any atom is 0.153 e. The summed E-state index contributed by atoms with van der Waals surface area (Å²) in [7, 11) is 0.669. The van der Waals surface area contributed by atoms with E-state index in [1.54, 1.807) is 0 Å². The Labute approximate surface area is 230 Å². The minimum absolute atomic E-state index is 0.00102. The first-order valence-electron chi connectivity index (χ1n) is 13.9. The second-order valence-electron chi connectivity index (χ2n) is 10.8. The summed E-state index contributed by atoms with van der Waals surface area (Å²) in [5.74, 6) is 2.48. The fraction of sp³-hybridized carbons (Fsp3) is 0.448. The van der Waals surface area contributed by atoms with Gasteiger partial charge in [0.2, 0.25) is 0 Å². The highest BCUT2D eigenvalue weighted by Crippen LogP contribution is 2.49. The number of imidazole rings is 2. The first kappa shape index (κ1) is 24.3. The van der Waals surface area contributed by atoms with Crippen LogP contribution < -0.4 is 20.8 Å². The Morgan fingerprint density at radius 1 is 0.947 bits per heavy atom. The van der Waals surface area contributed by atoms with Crippen molar-refractivity contribution in [2.75, 3.05) is 13.1 Å². The quantitative estimate of drug-likeness (QED) is 0.269. The third-order valence-electron chi connectivity index (χ3n) is 8.21. The number of thiophene rings is 1. The van der Waals surface area contributed by atoms with Gasteiger partial charge in [-0.05, 0) is 70.8 Å². The first-order chi connectivity index (χ1) is 18.6. The Kier molecular flexibility index (Phi) is 6.47. The number of nitrogens with one attached hydrogen (secondary N) is 4. The minimum Gasteiger partial charge on any atom is -0.485 e. The van der Waals surface area contributed by atoms with Gasteiger partial charge in [-0.25, -0.2) is 9.97 Å². The third-order valence-corrected chi connectivity index (χ3v) is 10.8. The number of piperidine rings is 2. The molecule has 0 saturated carbocycles. The highest BCUT2D eigenvalue weighted by molar-refractivity contribution is 7.19. The Balaban J connectivity index is 1.14. The molecule has 38 heavy (non-hydrogen) atoms. The van der Waals surface area contributed by atoms with Crippen molar-refractivity contribution in [3.63, 3.8) is 0 Å². The van der Waals surface area contributed by atoms with Gasteiger partial charge >= 0.3 is 0 Å². The Morgan fingerprint density at radius 3 is 2.71 bits per heavy atom. The van der Waals surface area contributed by atoms with E-state index < -0.39 is 0 Å². The summed E-state index contributed by atoms with van der Waals surface area (Å²) in [6.07, 6.45) is 10.2. The summed E-state index contributed by atoms with van der Waals surface area (Å²) in [5, 5.41) is 7.22. The van der Waals surface area contributed by atoms with Crippen LogP contribution in [0.3, 0.4) is 0 Å². The number of nitrogens with zero attached hydrogens (tertiary/aromatic N) is 2. The lowest BCUT2D eigenvalue weighted by molar-refractivity contribution is 0.224. The molecule has 7 nitrogen and oxygen atoms in total. The zero-order valence-corrected chi connectivity index (χ0v) is 23.8. The van der Waals surface area contributed by atoms with Crippen molar-refractivity contribution in [2.45, 2.75) is 69.7 Å². The number of benzene rings is 1. The molecule has 0 amide bonds. The van der Waals surface area contributed by atoms with Crippen molar-refractivity contribution < 1.29 is 4.74 Å². The Bertz CT molecular complexity index is 1440. The number of hydrogen-bond acceptors (Lipinski definition) is 6. The molecular formula is C29H34N6OSSi. The number of rotatable bonds is 5. The van der Waals surface area contributed by atoms with E-state index in [4.69, 9.17) is 14.7 Å². The molecule has 9 heteroatoms. The zero-order chi connectivity index (χ0) is 25.6. The monoisotopic (exact) mass is 542 g/mol. The lowest BCUT2D eigenvalue weighted by Gasteiger charge is -2.28. The van der Waals surface area contributed by atoms with Gasteiger partial charge in [-0.3, -0.25) is 0 Å². The predicted molar refractivity (Wildman–Crippen MR) is 154 cm³/mol. The van der Waals surface area contributed by atoms with Gasteiger partial charge in [0.15, 0.2) is 9.52 Å². The molecule has 6 heterocycles. The van der Waals surface area contributed by atoms with Crippen LogP contribution in [-0.4, -0.2) is 54.3 Å². The van der Waals surface area contributed by atoms with Gasteiger partial charge < -0.3 is 25.3 Å². The lowest BCUT2D eigenvalue weighted by Crippen LogP contribution is -2.44. The van der Waals surface area contributed by atoms with Crippen molar-refractivity contribution in [3.8, 4) is 38.0 Å². The Morgan fingerprint density at radius 2 is 1.84 bits per heavy atom. The molecule has 7 rings (SSSR count). The van der Waals surface area contributed by atoms with Crippen LogP contribution >= 0.6 is 11.3 Å². The molecule has 3 aliphatic heterocycles. The van der Waals surface area contributed by atoms with Crippen LogP contribution in [0.4, 0.5) is 0 Å². The van der Waals surface area contributed by atoms with Crippen LogP contribution in [0, 0.1) is 0 Å². The molecule has 4 aromatic rings. The molecule has 0 aliphatic carbocycles. The molecule has 3 aromatic heterocycles. The molecule has 0 spiro atoms. The molecule has 2 radical (unpaired) electrons. The van der Waals surface area contributed by atoms with E-state index >= 15 is 0 Å². The van der Waals surface area contributed by atoms with E-state index in [-0.39, 0.29) is 6.10 Å². The molecule has 0 bridgehead atoms. The molecule has 4 atom stereocenters. The molecule has 3 aliphatic rings. The fourth-order valence-corrected chi connectivity index (χ4v) is 8.54. The Hall–Kier alpha value is -2.72. The van der Waals surface area contributed by atoms with Gasteiger partial charge in [0.1, 0.15) is 17.7 Å². The topological polar surface area (TPSA) is 90.7 Å². The summed E-state index contributed by atoms with van der Waals surface area (Å²) in [5.41, 5.74) is 7.31. The van der Waals surface area contributed by atoms with Crippen LogP contribution in [0.15, 0.2) is 36.7 Å². The van der Waals surface area contributed by atoms with Crippen molar-refractivity contribution in [3.05, 3.63) is 48.0 Å². The second kappa shape index (κ2) is 10.1. The van der Waals surface area contributed by atoms with E-state index in [1.165, 1.54) is 47.4 Å². The lowest BCUT2D eigenvalue weighted by atomic mass is 9.91. The molecule has 2 saturated heterocycles. The number of aromatic amines is 2. The number of fused-ring (bicyclic) bond motifs is 3. The maximum absolute atomic E-state index is 6.44. The second-order valence-corrected chi connectivity index (χ2v) is 13.3. The van der Waals surface area contributed by atoms with Gasteiger partial charge in [0.25, 0.3) is 0 Å². The normalized spacial score (nSPS) is 25.0. The largest absolute Gasteiger partial charge is 0.485 e. The summed E-state index contributed by atoms with van der Waals surface area (Å²) >= 11 is 1.83. The standard InChI is InChI=1S/C29H34N6OSSi/c1-16-19(6-5-11-30-16)28-32-15-23(34-28)25-13-21-17(2)36-24-12-18(8-9-20(24)27(21)37-25)22-14-33-29(35-22)38-26-7-3-4-10-31-26/h8-9,12-17,19,26,30-31H,3-7,10-11H2,1-2H3,(H,32,34)(H,33,35). The van der Waals surface area contributed by atoms with Crippen LogP contribution in [0.1, 0.15) is 69.4 Å². The summed E-state index contributed by atoms with van der Waals surface area (Å²) in [6, 6.07) is 9.28. The SMILES string of the molecule is CC1Oc2cc(-c3cnc([Si]C4CCCCN4)[nH]3)ccc2-c2sc(-c3cnc(C4CCCNC4C)[nH]3)cc21. The van der Waals surface area contributed by atoms with E-state index in [1.807, 2.05) is 23.7 Å². The fourth-order valence-electron chi connectivity index (χ4n) is 6.03. The van der Waals surface area contributed by atoms with Crippen LogP contribution in [0.5, 0.6) is 5.75 Å². The number of aromatic nitrogens is 4. The molecule has 4 unspecified atom stereocenters. The van der Waals surface area contributed by atoms with Crippen molar-refractivity contribution in [2.24, 2.45) is 0 Å². The van der Waals surface area contributed by atoms with Gasteiger partial charge in [0, 0.05) is 39.2 Å². The molecule has 4 N–H and O–H groups in total. The van der Waals surface area contributed by atoms with E-state index in [0.717, 1.165) is 52.6 Å². The van der Waals surface area contributed by atoms with Gasteiger partial charge in [-0.2, -0.15) is 0 Å². The number of hydrogen-bond donors (Lipinski definition) is 4. The van der Waals surface area contributed by atoms with Crippen molar-refractivity contribution in [1.82, 2.24) is 30.6 Å². The number of H-pyrrole nitrogens is 2. The van der Waals surface area contributed by atoms with Gasteiger partial charge in [-0.15, -0.1) is 11.3 Å². The first-order valence-corrected chi connectivity index (χ1v) is 15.8. The van der Waals surface area contributed by atoms with Crippen LogP contribution in [0.2, 0.25) is 0 Å². The highest BCUT2D eigenvalue weighted by atomic mass is 32.1. The predicted octanol–water partition coefficient (Wildman–Crippen LogP) is 4.93. The molecule has 2 fully saturated rings. The average Bonchev–Trinajstić information content (AvgIpc) is 3.69. The maximum atomic E-state index is 6.44. The summed E-state index contributed by atoms with van der Waals surface area (Å²) < 4.78 is 6.44. The van der Waals surface area contributed by atoms with Crippen molar-refractivity contribution >= 4 is 26.3 Å². The third kappa shape index (κ3) is 4.55. The van der Waals surface area contributed by atoms with E-state index in [0.29, 0.717) is 27.1 Å². The average molecular weight is 543 g/mol. The van der Waals surface area contributed by atoms with Crippen LogP contribution in [0.25, 0.3) is 32.3 Å². The highest BCUT2D eigenvalue weighted by Gasteiger charge is 2.29. The smallest absolute Gasteiger partial charge is 0.153 e. The van der Waals surface area contributed by atoms with E-state index in [2.05, 4.69) is 58.7 Å². The van der Waals surface area contributed by atoms with E-state index in [9.17, 15) is 0 Å².